The molecule has 1 aliphatic heterocycles. The summed E-state index contributed by atoms with van der Waals surface area (Å²) >= 11 is 0. The second kappa shape index (κ2) is 7.26. The van der Waals surface area contributed by atoms with Crippen LogP contribution in [0.1, 0.15) is 36.1 Å². The van der Waals surface area contributed by atoms with Gasteiger partial charge < -0.3 is 9.26 Å². The summed E-state index contributed by atoms with van der Waals surface area (Å²) in [5.41, 5.74) is 3.65. The maximum Gasteiger partial charge on any atom is 0.327 e. The van der Waals surface area contributed by atoms with E-state index >= 15 is 0 Å². The van der Waals surface area contributed by atoms with E-state index in [1.165, 1.54) is 7.11 Å². The van der Waals surface area contributed by atoms with E-state index in [1.54, 1.807) is 4.67 Å². The molecule has 0 N–H and O–H groups in total. The van der Waals surface area contributed by atoms with Crippen LogP contribution in [0, 0.1) is 13.8 Å². The van der Waals surface area contributed by atoms with E-state index in [2.05, 4.69) is 0 Å². The highest BCUT2D eigenvalue weighted by Gasteiger charge is 2.50. The number of hydrogen-bond acceptors (Lipinski definition) is 4. The molecule has 0 saturated heterocycles. The standard InChI is InChI=1S/C20H24NO4P/c1-5-25-26(23)20-15(3)14(2)11-12-17(20)18(13-19(22)24-4)21(26)16-9-7-6-8-10-16/h6-12,18H,5,13H2,1-4H3. The van der Waals surface area contributed by atoms with Gasteiger partial charge >= 0.3 is 13.5 Å². The Morgan fingerprint density at radius 3 is 2.46 bits per heavy atom. The van der Waals surface area contributed by atoms with Gasteiger partial charge in [-0.1, -0.05) is 30.3 Å². The summed E-state index contributed by atoms with van der Waals surface area (Å²) < 4.78 is 26.7. The van der Waals surface area contributed by atoms with E-state index < -0.39 is 13.6 Å². The van der Waals surface area contributed by atoms with Gasteiger partial charge in [-0.05, 0) is 49.6 Å². The first-order chi connectivity index (χ1) is 12.4. The fraction of sp³-hybridized carbons (Fsp3) is 0.350. The maximum atomic E-state index is 14.2. The molecule has 0 aromatic heterocycles. The highest BCUT2D eigenvalue weighted by Crippen LogP contribution is 2.63. The molecule has 138 valence electrons. The molecule has 0 radical (unpaired) electrons. The molecule has 26 heavy (non-hydrogen) atoms. The number of esters is 1. The van der Waals surface area contributed by atoms with Crippen molar-refractivity contribution in [2.45, 2.75) is 33.2 Å². The Balaban J connectivity index is 2.26. The number of ether oxygens (including phenoxy) is 1. The fourth-order valence-corrected chi connectivity index (χ4v) is 6.52. The Morgan fingerprint density at radius 1 is 1.15 bits per heavy atom. The maximum absolute atomic E-state index is 14.2. The third-order valence-corrected chi connectivity index (χ3v) is 7.71. The Morgan fingerprint density at radius 2 is 1.85 bits per heavy atom. The lowest BCUT2D eigenvalue weighted by Crippen LogP contribution is -2.24. The largest absolute Gasteiger partial charge is 0.469 e. The van der Waals surface area contributed by atoms with Crippen LogP contribution in [0.4, 0.5) is 5.69 Å². The number of hydrogen-bond donors (Lipinski definition) is 0. The van der Waals surface area contributed by atoms with Crippen molar-refractivity contribution in [3.05, 3.63) is 59.2 Å². The van der Waals surface area contributed by atoms with E-state index in [1.807, 2.05) is 63.2 Å². The second-order valence-corrected chi connectivity index (χ2v) is 8.54. The Kier molecular flexibility index (Phi) is 5.22. The smallest absolute Gasteiger partial charge is 0.327 e. The highest BCUT2D eigenvalue weighted by atomic mass is 31.2. The van der Waals surface area contributed by atoms with Crippen molar-refractivity contribution >= 4 is 24.5 Å². The summed E-state index contributed by atoms with van der Waals surface area (Å²) in [7, 11) is -1.99. The summed E-state index contributed by atoms with van der Waals surface area (Å²) in [6, 6.07) is 13.0. The van der Waals surface area contributed by atoms with Crippen molar-refractivity contribution < 1.29 is 18.6 Å². The lowest BCUT2D eigenvalue weighted by atomic mass is 9.98. The average molecular weight is 373 g/mol. The minimum atomic E-state index is -3.35. The molecule has 0 bridgehead atoms. The molecule has 1 aliphatic rings. The number of methoxy groups -OCH3 is 1. The molecule has 3 rings (SSSR count). The number of carbonyl (C=O) groups excluding carboxylic acids is 1. The first-order valence-corrected chi connectivity index (χ1v) is 10.3. The fourth-order valence-electron chi connectivity index (χ4n) is 3.54. The van der Waals surface area contributed by atoms with E-state index in [-0.39, 0.29) is 12.4 Å². The highest BCUT2D eigenvalue weighted by molar-refractivity contribution is 7.69. The summed E-state index contributed by atoms with van der Waals surface area (Å²) in [6.07, 6.45) is 0.109. The molecule has 1 heterocycles. The van der Waals surface area contributed by atoms with Gasteiger partial charge in [-0.3, -0.25) is 14.0 Å². The summed E-state index contributed by atoms with van der Waals surface area (Å²) in [5.74, 6) is -0.343. The van der Waals surface area contributed by atoms with Gasteiger partial charge in [0.15, 0.2) is 0 Å². The van der Waals surface area contributed by atoms with Crippen LogP contribution in [0.2, 0.25) is 0 Å². The Labute approximate surface area is 154 Å². The monoisotopic (exact) mass is 373 g/mol. The van der Waals surface area contributed by atoms with E-state index in [9.17, 15) is 9.36 Å². The molecule has 2 unspecified atom stereocenters. The topological polar surface area (TPSA) is 55.8 Å². The van der Waals surface area contributed by atoms with Crippen LogP contribution >= 0.6 is 7.52 Å². The number of para-hydroxylation sites is 1. The zero-order valence-electron chi connectivity index (χ0n) is 15.6. The summed E-state index contributed by atoms with van der Waals surface area (Å²) in [4.78, 5) is 12.1. The molecule has 5 nitrogen and oxygen atoms in total. The van der Waals surface area contributed by atoms with Crippen molar-refractivity contribution in [2.75, 3.05) is 18.4 Å². The lowest BCUT2D eigenvalue weighted by molar-refractivity contribution is -0.141. The molecular weight excluding hydrogens is 349 g/mol. The van der Waals surface area contributed by atoms with Crippen molar-refractivity contribution in [3.63, 3.8) is 0 Å². The van der Waals surface area contributed by atoms with Crippen LogP contribution in [0.15, 0.2) is 42.5 Å². The van der Waals surface area contributed by atoms with Crippen LogP contribution in [0.3, 0.4) is 0 Å². The molecule has 6 heteroatoms. The third kappa shape index (κ3) is 2.95. The summed E-state index contributed by atoms with van der Waals surface area (Å²) in [5, 5.41) is 0.720. The molecule has 0 saturated carbocycles. The van der Waals surface area contributed by atoms with Gasteiger partial charge in [0.2, 0.25) is 0 Å². The number of aryl methyl sites for hydroxylation is 1. The van der Waals surface area contributed by atoms with Crippen molar-refractivity contribution in [1.29, 1.82) is 0 Å². The van der Waals surface area contributed by atoms with Crippen LogP contribution in [0.5, 0.6) is 0 Å². The molecule has 0 spiro atoms. The predicted octanol–water partition coefficient (Wildman–Crippen LogP) is 4.28. The molecule has 2 aromatic carbocycles. The van der Waals surface area contributed by atoms with Crippen LogP contribution < -0.4 is 9.97 Å². The van der Waals surface area contributed by atoms with Crippen molar-refractivity contribution in [1.82, 2.24) is 0 Å². The van der Waals surface area contributed by atoms with Crippen LogP contribution in [-0.2, 0) is 18.6 Å². The van der Waals surface area contributed by atoms with Gasteiger partial charge in [0, 0.05) is 5.69 Å². The van der Waals surface area contributed by atoms with E-state index in [0.717, 1.165) is 27.7 Å². The first kappa shape index (κ1) is 18.7. The molecule has 0 fully saturated rings. The number of benzene rings is 2. The number of anilines is 1. The average Bonchev–Trinajstić information content (AvgIpc) is 2.87. The first-order valence-electron chi connectivity index (χ1n) is 8.70. The SMILES string of the molecule is CCOP1(=O)c2c(ccc(C)c2C)C(CC(=O)OC)N1c1ccccc1. The lowest BCUT2D eigenvalue weighted by Gasteiger charge is -2.31. The quantitative estimate of drug-likeness (QED) is 0.578. The van der Waals surface area contributed by atoms with Gasteiger partial charge in [-0.25, -0.2) is 0 Å². The minimum absolute atomic E-state index is 0.109. The molecule has 0 aliphatic carbocycles. The normalized spacial score (nSPS) is 21.5. The van der Waals surface area contributed by atoms with Crippen molar-refractivity contribution in [3.8, 4) is 0 Å². The van der Waals surface area contributed by atoms with Crippen LogP contribution in [-0.4, -0.2) is 19.7 Å². The van der Waals surface area contributed by atoms with Crippen LogP contribution in [0.25, 0.3) is 0 Å². The van der Waals surface area contributed by atoms with E-state index in [4.69, 9.17) is 9.26 Å². The minimum Gasteiger partial charge on any atom is -0.469 e. The van der Waals surface area contributed by atoms with Gasteiger partial charge in [-0.15, -0.1) is 0 Å². The predicted molar refractivity (Wildman–Crippen MR) is 103 cm³/mol. The number of carbonyl (C=O) groups is 1. The number of fused-ring (bicyclic) bond motifs is 1. The van der Waals surface area contributed by atoms with Gasteiger partial charge in [0.1, 0.15) is 0 Å². The number of nitrogens with zero attached hydrogens (tertiary/aromatic N) is 1. The zero-order chi connectivity index (χ0) is 18.9. The Hall–Kier alpha value is -2.10. The Bertz CT molecular complexity index is 866. The van der Waals surface area contributed by atoms with E-state index in [0.29, 0.717) is 6.61 Å². The van der Waals surface area contributed by atoms with Gasteiger partial charge in [-0.2, -0.15) is 0 Å². The summed E-state index contributed by atoms with van der Waals surface area (Å²) in [6.45, 7) is 6.11. The second-order valence-electron chi connectivity index (χ2n) is 6.36. The molecular formula is C20H24NO4P. The number of rotatable bonds is 5. The third-order valence-electron chi connectivity index (χ3n) is 4.87. The zero-order valence-corrected chi connectivity index (χ0v) is 16.5. The van der Waals surface area contributed by atoms with Crippen molar-refractivity contribution in [2.24, 2.45) is 0 Å². The molecule has 0 amide bonds. The molecule has 2 aromatic rings. The van der Waals surface area contributed by atoms with Gasteiger partial charge in [0.25, 0.3) is 0 Å². The van der Waals surface area contributed by atoms with Gasteiger partial charge in [0.05, 0.1) is 31.5 Å². The molecule has 2 atom stereocenters.